The van der Waals surface area contributed by atoms with Gasteiger partial charge in [-0.2, -0.15) is 0 Å². The summed E-state index contributed by atoms with van der Waals surface area (Å²) < 4.78 is 5.55. The Morgan fingerprint density at radius 1 is 1.07 bits per heavy atom. The van der Waals surface area contributed by atoms with Gasteiger partial charge in [0, 0.05) is 21.1 Å². The Morgan fingerprint density at radius 3 is 2.63 bits per heavy atom. The van der Waals surface area contributed by atoms with E-state index in [0.717, 1.165) is 27.8 Å². The van der Waals surface area contributed by atoms with Crippen molar-refractivity contribution in [2.24, 2.45) is 0 Å². The number of thioether (sulfide) groups is 1. The molecule has 0 fully saturated rings. The zero-order valence-corrected chi connectivity index (χ0v) is 18.6. The molecule has 0 bridgehead atoms. The van der Waals surface area contributed by atoms with Crippen LogP contribution in [-0.4, -0.2) is 16.7 Å². The summed E-state index contributed by atoms with van der Waals surface area (Å²) in [6, 6.07) is 21.0. The summed E-state index contributed by atoms with van der Waals surface area (Å²) in [6.45, 7) is 7.66. The zero-order chi connectivity index (χ0) is 21.1. The first kappa shape index (κ1) is 20.5. The van der Waals surface area contributed by atoms with Crippen LogP contribution in [0.2, 0.25) is 0 Å². The summed E-state index contributed by atoms with van der Waals surface area (Å²) >= 11 is 3.56. The molecule has 0 spiro atoms. The van der Waals surface area contributed by atoms with Crippen molar-refractivity contribution in [1.82, 2.24) is 4.98 Å². The van der Waals surface area contributed by atoms with Gasteiger partial charge in [0.25, 0.3) is 0 Å². The molecule has 4 rings (SSSR count). The average molecular weight is 434 g/mol. The third kappa shape index (κ3) is 4.69. The van der Waals surface area contributed by atoms with Gasteiger partial charge in [0.15, 0.2) is 0 Å². The monoisotopic (exact) mass is 433 g/mol. The standard InChI is InChI=1S/C25H23NO2S2/c1-16-12-22(10-11-23(16)28-14-17(2)27)29-15-24-18(3)26-25(30-24)21-9-8-19-6-4-5-7-20(19)13-21/h4-13,27H,2,14-15H2,1,3H3. The Hall–Kier alpha value is -2.76. The summed E-state index contributed by atoms with van der Waals surface area (Å²) in [7, 11) is 0. The number of ether oxygens (including phenoxy) is 1. The van der Waals surface area contributed by atoms with Crippen molar-refractivity contribution in [2.75, 3.05) is 6.61 Å². The Labute approximate surface area is 185 Å². The number of benzene rings is 3. The smallest absolute Gasteiger partial charge is 0.144 e. The van der Waals surface area contributed by atoms with Crippen molar-refractivity contribution in [3.63, 3.8) is 0 Å². The first-order valence-electron chi connectivity index (χ1n) is 9.68. The van der Waals surface area contributed by atoms with Crippen LogP contribution in [0, 0.1) is 13.8 Å². The molecular weight excluding hydrogens is 410 g/mol. The molecule has 152 valence electrons. The molecule has 1 N–H and O–H groups in total. The lowest BCUT2D eigenvalue weighted by atomic mass is 10.1. The summed E-state index contributed by atoms with van der Waals surface area (Å²) in [5, 5.41) is 12.8. The number of fused-ring (bicyclic) bond motifs is 1. The molecule has 0 saturated carbocycles. The third-order valence-corrected chi connectivity index (χ3v) is 7.21. The Bertz CT molecular complexity index is 1210. The molecular formula is C25H23NO2S2. The first-order valence-corrected chi connectivity index (χ1v) is 11.5. The maximum atomic E-state index is 9.20. The number of hydrogen-bond donors (Lipinski definition) is 1. The van der Waals surface area contributed by atoms with E-state index >= 15 is 0 Å². The van der Waals surface area contributed by atoms with Crippen molar-refractivity contribution < 1.29 is 9.84 Å². The van der Waals surface area contributed by atoms with Crippen LogP contribution in [0.15, 0.2) is 77.9 Å². The van der Waals surface area contributed by atoms with Crippen LogP contribution in [0.5, 0.6) is 5.75 Å². The predicted octanol–water partition coefficient (Wildman–Crippen LogP) is 7.32. The van der Waals surface area contributed by atoms with Crippen molar-refractivity contribution >= 4 is 33.9 Å². The molecule has 3 nitrogen and oxygen atoms in total. The lowest BCUT2D eigenvalue weighted by Crippen LogP contribution is -2.00. The van der Waals surface area contributed by atoms with E-state index in [1.165, 1.54) is 26.1 Å². The highest BCUT2D eigenvalue weighted by Gasteiger charge is 2.11. The largest absolute Gasteiger partial charge is 0.509 e. The van der Waals surface area contributed by atoms with Crippen LogP contribution in [-0.2, 0) is 5.75 Å². The minimum atomic E-state index is 0.0238. The Kier molecular flexibility index (Phi) is 6.11. The maximum absolute atomic E-state index is 9.20. The molecule has 1 heterocycles. The number of aliphatic hydroxyl groups is 1. The molecule has 0 aliphatic rings. The lowest BCUT2D eigenvalue weighted by molar-refractivity contribution is 0.271. The number of nitrogens with zero attached hydrogens (tertiary/aromatic N) is 1. The minimum absolute atomic E-state index is 0.0238. The van der Waals surface area contributed by atoms with Crippen molar-refractivity contribution in [3.8, 4) is 16.3 Å². The van der Waals surface area contributed by atoms with E-state index < -0.39 is 0 Å². The molecule has 30 heavy (non-hydrogen) atoms. The van der Waals surface area contributed by atoms with Crippen molar-refractivity contribution in [3.05, 3.63) is 89.1 Å². The number of aliphatic hydroxyl groups excluding tert-OH is 1. The van der Waals surface area contributed by atoms with Gasteiger partial charge in [-0.05, 0) is 54.4 Å². The first-order chi connectivity index (χ1) is 14.5. The molecule has 1 aromatic heterocycles. The third-order valence-electron chi connectivity index (χ3n) is 4.80. The fraction of sp³-hybridized carbons (Fsp3) is 0.160. The molecule has 0 unspecified atom stereocenters. The van der Waals surface area contributed by atoms with E-state index in [2.05, 4.69) is 62.0 Å². The van der Waals surface area contributed by atoms with E-state index in [-0.39, 0.29) is 12.4 Å². The second-order valence-electron chi connectivity index (χ2n) is 7.16. The molecule has 0 atom stereocenters. The SMILES string of the molecule is C=C(O)COc1ccc(SCc2sc(-c3ccc4ccccc4c3)nc2C)cc1C. The predicted molar refractivity (Wildman–Crippen MR) is 128 cm³/mol. The average Bonchev–Trinajstić information content (AvgIpc) is 3.11. The van der Waals surface area contributed by atoms with E-state index in [1.54, 1.807) is 23.1 Å². The van der Waals surface area contributed by atoms with Gasteiger partial charge in [-0.25, -0.2) is 4.98 Å². The van der Waals surface area contributed by atoms with Crippen LogP contribution in [0.4, 0.5) is 0 Å². The Morgan fingerprint density at radius 2 is 1.87 bits per heavy atom. The molecule has 0 amide bonds. The highest BCUT2D eigenvalue weighted by molar-refractivity contribution is 7.98. The molecule has 0 radical (unpaired) electrons. The van der Waals surface area contributed by atoms with E-state index in [9.17, 15) is 5.11 Å². The number of thiazole rings is 1. The van der Waals surface area contributed by atoms with Crippen LogP contribution in [0.25, 0.3) is 21.3 Å². The number of aromatic nitrogens is 1. The summed E-state index contributed by atoms with van der Waals surface area (Å²) in [6.07, 6.45) is 0. The van der Waals surface area contributed by atoms with Gasteiger partial charge in [0.1, 0.15) is 23.1 Å². The second-order valence-corrected chi connectivity index (χ2v) is 9.29. The summed E-state index contributed by atoms with van der Waals surface area (Å²) in [5.74, 6) is 1.67. The molecule has 0 saturated heterocycles. The zero-order valence-electron chi connectivity index (χ0n) is 17.0. The van der Waals surface area contributed by atoms with Gasteiger partial charge < -0.3 is 9.84 Å². The van der Waals surface area contributed by atoms with Crippen LogP contribution in [0.3, 0.4) is 0 Å². The van der Waals surface area contributed by atoms with Gasteiger partial charge in [-0.1, -0.05) is 43.0 Å². The summed E-state index contributed by atoms with van der Waals surface area (Å²) in [5.41, 5.74) is 3.30. The molecule has 0 aliphatic carbocycles. The lowest BCUT2D eigenvalue weighted by Gasteiger charge is -2.10. The Balaban J connectivity index is 1.47. The minimum Gasteiger partial charge on any atom is -0.509 e. The van der Waals surface area contributed by atoms with Crippen LogP contribution >= 0.6 is 23.1 Å². The van der Waals surface area contributed by atoms with Crippen LogP contribution < -0.4 is 4.74 Å². The fourth-order valence-corrected chi connectivity index (χ4v) is 5.39. The number of rotatable bonds is 7. The van der Waals surface area contributed by atoms with Crippen molar-refractivity contribution in [1.29, 1.82) is 0 Å². The summed E-state index contributed by atoms with van der Waals surface area (Å²) in [4.78, 5) is 7.30. The van der Waals surface area contributed by atoms with Gasteiger partial charge in [-0.3, -0.25) is 0 Å². The van der Waals surface area contributed by atoms with Crippen molar-refractivity contribution in [2.45, 2.75) is 24.5 Å². The van der Waals surface area contributed by atoms with Gasteiger partial charge in [0.2, 0.25) is 0 Å². The quantitative estimate of drug-likeness (QED) is 0.245. The van der Waals surface area contributed by atoms with Crippen LogP contribution in [0.1, 0.15) is 16.1 Å². The number of aryl methyl sites for hydroxylation is 2. The van der Waals surface area contributed by atoms with Gasteiger partial charge >= 0.3 is 0 Å². The number of hydrogen-bond acceptors (Lipinski definition) is 5. The maximum Gasteiger partial charge on any atom is 0.144 e. The van der Waals surface area contributed by atoms with E-state index in [0.29, 0.717) is 0 Å². The van der Waals surface area contributed by atoms with Gasteiger partial charge in [0.05, 0.1) is 5.69 Å². The molecule has 5 heteroatoms. The highest BCUT2D eigenvalue weighted by atomic mass is 32.2. The molecule has 0 aliphatic heterocycles. The normalized spacial score (nSPS) is 11.0. The topological polar surface area (TPSA) is 42.4 Å². The van der Waals surface area contributed by atoms with E-state index in [4.69, 9.17) is 9.72 Å². The molecule has 3 aromatic carbocycles. The van der Waals surface area contributed by atoms with E-state index in [1.807, 2.05) is 19.1 Å². The highest BCUT2D eigenvalue weighted by Crippen LogP contribution is 2.34. The fourth-order valence-electron chi connectivity index (χ4n) is 3.19. The van der Waals surface area contributed by atoms with Gasteiger partial charge in [-0.15, -0.1) is 23.1 Å². The second kappa shape index (κ2) is 8.94. The molecule has 4 aromatic rings.